The van der Waals surface area contributed by atoms with Crippen molar-refractivity contribution >= 4 is 37.5 Å². The largest absolute Gasteiger partial charge is 0.497 e. The van der Waals surface area contributed by atoms with Crippen LogP contribution in [0.2, 0.25) is 0 Å². The van der Waals surface area contributed by atoms with Crippen LogP contribution in [0.5, 0.6) is 5.75 Å². The lowest BCUT2D eigenvalue weighted by atomic mass is 9.97. The monoisotopic (exact) mass is 482 g/mol. The quantitative estimate of drug-likeness (QED) is 0.547. The molecule has 1 fully saturated rings. The number of methoxy groups -OCH3 is 1. The lowest BCUT2D eigenvalue weighted by Crippen LogP contribution is -2.44. The van der Waals surface area contributed by atoms with Crippen molar-refractivity contribution in [3.8, 4) is 5.75 Å². The number of nitrogens with two attached hydrogens (primary N) is 1. The molecule has 0 unspecified atom stereocenters. The molecule has 174 valence electrons. The Kier molecular flexibility index (Phi) is 7.08. The van der Waals surface area contributed by atoms with Crippen LogP contribution >= 0.6 is 0 Å². The number of piperidine rings is 1. The van der Waals surface area contributed by atoms with Crippen molar-refractivity contribution in [3.05, 3.63) is 48.0 Å². The maximum absolute atomic E-state index is 12.9. The molecule has 0 bridgehead atoms. The van der Waals surface area contributed by atoms with Gasteiger partial charge in [-0.2, -0.15) is 12.7 Å². The van der Waals surface area contributed by atoms with E-state index in [1.54, 1.807) is 43.3 Å². The predicted octanol–water partition coefficient (Wildman–Crippen LogP) is 1.66. The van der Waals surface area contributed by atoms with E-state index in [1.165, 1.54) is 13.2 Å². The SMILES string of the molecule is COc1ccc(NS(=O)(=O)c2cc(NC(=O)C3CCN(S(N)(=O)=O)CC3)ccc2C)cc1. The molecule has 1 saturated heterocycles. The number of benzene rings is 2. The van der Waals surface area contributed by atoms with E-state index in [4.69, 9.17) is 9.88 Å². The van der Waals surface area contributed by atoms with Crippen LogP contribution < -0.4 is 19.9 Å². The van der Waals surface area contributed by atoms with Crippen molar-refractivity contribution in [2.45, 2.75) is 24.7 Å². The third kappa shape index (κ3) is 5.76. The molecular weight excluding hydrogens is 456 g/mol. The predicted molar refractivity (Wildman–Crippen MR) is 121 cm³/mol. The van der Waals surface area contributed by atoms with Crippen LogP contribution in [0.4, 0.5) is 11.4 Å². The third-order valence-electron chi connectivity index (χ3n) is 5.27. The van der Waals surface area contributed by atoms with Gasteiger partial charge in [0.25, 0.3) is 20.2 Å². The van der Waals surface area contributed by atoms with Gasteiger partial charge < -0.3 is 10.1 Å². The molecule has 1 aliphatic heterocycles. The molecule has 1 heterocycles. The summed E-state index contributed by atoms with van der Waals surface area (Å²) in [6.45, 7) is 1.99. The fraction of sp³-hybridized carbons (Fsp3) is 0.350. The number of hydrogen-bond donors (Lipinski definition) is 3. The normalized spacial score (nSPS) is 15.8. The van der Waals surface area contributed by atoms with E-state index in [1.807, 2.05) is 0 Å². The summed E-state index contributed by atoms with van der Waals surface area (Å²) >= 11 is 0. The zero-order valence-electron chi connectivity index (χ0n) is 17.7. The summed E-state index contributed by atoms with van der Waals surface area (Å²) < 4.78 is 57.4. The highest BCUT2D eigenvalue weighted by Crippen LogP contribution is 2.26. The summed E-state index contributed by atoms with van der Waals surface area (Å²) in [7, 11) is -6.15. The van der Waals surface area contributed by atoms with Gasteiger partial charge in [-0.25, -0.2) is 13.6 Å². The molecule has 32 heavy (non-hydrogen) atoms. The Hall–Kier alpha value is -2.67. The number of carbonyl (C=O) groups is 1. The van der Waals surface area contributed by atoms with Gasteiger partial charge >= 0.3 is 0 Å². The second kappa shape index (κ2) is 9.45. The molecule has 2 aromatic carbocycles. The summed E-state index contributed by atoms with van der Waals surface area (Å²) in [6, 6.07) is 11.1. The lowest BCUT2D eigenvalue weighted by Gasteiger charge is -2.29. The number of rotatable bonds is 7. The van der Waals surface area contributed by atoms with Crippen molar-refractivity contribution in [2.75, 3.05) is 30.2 Å². The van der Waals surface area contributed by atoms with Crippen LogP contribution in [-0.4, -0.2) is 47.2 Å². The second-order valence-corrected chi connectivity index (χ2v) is 10.7. The molecule has 1 amide bonds. The van der Waals surface area contributed by atoms with Gasteiger partial charge in [0.1, 0.15) is 5.75 Å². The van der Waals surface area contributed by atoms with Gasteiger partial charge in [-0.05, 0) is 61.7 Å². The number of ether oxygens (including phenoxy) is 1. The Bertz CT molecular complexity index is 1190. The summed E-state index contributed by atoms with van der Waals surface area (Å²) in [5.41, 5.74) is 1.23. The maximum atomic E-state index is 12.9. The minimum Gasteiger partial charge on any atom is -0.497 e. The summed E-state index contributed by atoms with van der Waals surface area (Å²) in [4.78, 5) is 12.7. The molecule has 2 aromatic rings. The number of aryl methyl sites for hydroxylation is 1. The Labute approximate surface area is 188 Å². The van der Waals surface area contributed by atoms with Crippen LogP contribution in [0.15, 0.2) is 47.4 Å². The van der Waals surface area contributed by atoms with Crippen molar-refractivity contribution in [1.29, 1.82) is 0 Å². The first-order valence-electron chi connectivity index (χ1n) is 9.86. The highest BCUT2D eigenvalue weighted by Gasteiger charge is 2.29. The van der Waals surface area contributed by atoms with E-state index in [0.717, 1.165) is 4.31 Å². The summed E-state index contributed by atoms with van der Waals surface area (Å²) in [6.07, 6.45) is 0.663. The van der Waals surface area contributed by atoms with E-state index < -0.39 is 26.2 Å². The van der Waals surface area contributed by atoms with Crippen LogP contribution in [0.1, 0.15) is 18.4 Å². The number of anilines is 2. The van der Waals surface area contributed by atoms with Gasteiger partial charge in [0.2, 0.25) is 5.91 Å². The van der Waals surface area contributed by atoms with Gasteiger partial charge in [0.15, 0.2) is 0 Å². The average Bonchev–Trinajstić information content (AvgIpc) is 2.74. The van der Waals surface area contributed by atoms with Crippen LogP contribution in [0.3, 0.4) is 0 Å². The molecule has 0 radical (unpaired) electrons. The summed E-state index contributed by atoms with van der Waals surface area (Å²) in [5.74, 6) is -0.0927. The van der Waals surface area contributed by atoms with E-state index in [-0.39, 0.29) is 23.9 Å². The first-order valence-corrected chi connectivity index (χ1v) is 12.8. The third-order valence-corrected chi connectivity index (χ3v) is 7.88. The Morgan fingerprint density at radius 2 is 1.62 bits per heavy atom. The number of carbonyl (C=O) groups excluding carboxylic acids is 1. The Morgan fingerprint density at radius 3 is 2.19 bits per heavy atom. The van der Waals surface area contributed by atoms with E-state index in [2.05, 4.69) is 10.0 Å². The van der Waals surface area contributed by atoms with Gasteiger partial charge in [0.05, 0.1) is 12.0 Å². The summed E-state index contributed by atoms with van der Waals surface area (Å²) in [5, 5.41) is 7.86. The molecule has 0 saturated carbocycles. The molecule has 0 aliphatic carbocycles. The van der Waals surface area contributed by atoms with Crippen LogP contribution in [0, 0.1) is 12.8 Å². The van der Waals surface area contributed by atoms with Crippen molar-refractivity contribution in [3.63, 3.8) is 0 Å². The van der Waals surface area contributed by atoms with Crippen molar-refractivity contribution in [1.82, 2.24) is 4.31 Å². The van der Waals surface area contributed by atoms with Crippen LogP contribution in [0.25, 0.3) is 0 Å². The van der Waals surface area contributed by atoms with Gasteiger partial charge in [-0.3, -0.25) is 9.52 Å². The fourth-order valence-corrected chi connectivity index (χ4v) is 5.50. The standard InChI is InChI=1S/C20H26N4O6S2/c1-14-3-4-17(22-20(25)15-9-11-24(12-10-15)32(21,28)29)13-19(14)31(26,27)23-16-5-7-18(30-2)8-6-16/h3-8,13,15,23H,9-12H2,1-2H3,(H,22,25)(H2,21,28,29). The van der Waals surface area contributed by atoms with Crippen molar-refractivity contribution in [2.24, 2.45) is 11.1 Å². The van der Waals surface area contributed by atoms with Crippen LogP contribution in [-0.2, 0) is 25.0 Å². The molecule has 3 rings (SSSR count). The molecule has 4 N–H and O–H groups in total. The van der Waals surface area contributed by atoms with Gasteiger partial charge in [0, 0.05) is 30.4 Å². The maximum Gasteiger partial charge on any atom is 0.276 e. The zero-order chi connectivity index (χ0) is 23.5. The molecule has 0 aromatic heterocycles. The number of nitrogens with zero attached hydrogens (tertiary/aromatic N) is 1. The Morgan fingerprint density at radius 1 is 1.03 bits per heavy atom. The minimum absolute atomic E-state index is 0.0372. The zero-order valence-corrected chi connectivity index (χ0v) is 19.4. The van der Waals surface area contributed by atoms with Gasteiger partial charge in [-0.1, -0.05) is 6.07 Å². The van der Waals surface area contributed by atoms with E-state index >= 15 is 0 Å². The Balaban J connectivity index is 1.71. The molecule has 1 aliphatic rings. The average molecular weight is 483 g/mol. The highest BCUT2D eigenvalue weighted by atomic mass is 32.2. The first kappa shape index (κ1) is 24.0. The van der Waals surface area contributed by atoms with E-state index in [0.29, 0.717) is 35.5 Å². The number of nitrogens with one attached hydrogen (secondary N) is 2. The first-order chi connectivity index (χ1) is 15.0. The molecular formula is C20H26N4O6S2. The lowest BCUT2D eigenvalue weighted by molar-refractivity contribution is -0.120. The minimum atomic E-state index is -3.90. The molecule has 10 nitrogen and oxygen atoms in total. The van der Waals surface area contributed by atoms with E-state index in [9.17, 15) is 21.6 Å². The fourth-order valence-electron chi connectivity index (χ4n) is 3.45. The van der Waals surface area contributed by atoms with Crippen molar-refractivity contribution < 1.29 is 26.4 Å². The highest BCUT2D eigenvalue weighted by molar-refractivity contribution is 7.92. The number of sulfonamides is 1. The topological polar surface area (TPSA) is 148 Å². The van der Waals surface area contributed by atoms with Gasteiger partial charge in [-0.15, -0.1) is 0 Å². The smallest absolute Gasteiger partial charge is 0.276 e. The molecule has 0 atom stereocenters. The number of amides is 1. The molecule has 0 spiro atoms. The number of hydrogen-bond acceptors (Lipinski definition) is 6. The molecule has 12 heteroatoms. The second-order valence-electron chi connectivity index (χ2n) is 7.52.